The minimum Gasteiger partial charge on any atom is -0.387 e. The van der Waals surface area contributed by atoms with Crippen molar-refractivity contribution in [2.24, 2.45) is 0 Å². The van der Waals surface area contributed by atoms with Crippen LogP contribution in [-0.2, 0) is 0 Å². The summed E-state index contributed by atoms with van der Waals surface area (Å²) >= 11 is 1.76. The summed E-state index contributed by atoms with van der Waals surface area (Å²) in [5, 5.41) is 16.6. The van der Waals surface area contributed by atoms with E-state index in [4.69, 9.17) is 0 Å². The molecule has 0 saturated heterocycles. The minimum atomic E-state index is -0.468. The van der Waals surface area contributed by atoms with E-state index in [0.717, 1.165) is 12.1 Å². The fourth-order valence-corrected chi connectivity index (χ4v) is 3.64. The van der Waals surface area contributed by atoms with Crippen LogP contribution in [-0.4, -0.2) is 23.9 Å². The van der Waals surface area contributed by atoms with Crippen molar-refractivity contribution >= 4 is 22.5 Å². The van der Waals surface area contributed by atoms with Gasteiger partial charge in [-0.3, -0.25) is 0 Å². The zero-order valence-electron chi connectivity index (χ0n) is 15.9. The van der Waals surface area contributed by atoms with E-state index in [1.807, 2.05) is 0 Å². The highest BCUT2D eigenvalue weighted by molar-refractivity contribution is 7.98. The first-order valence-corrected chi connectivity index (χ1v) is 10.9. The van der Waals surface area contributed by atoms with Crippen LogP contribution in [0, 0.1) is 0 Å². The van der Waals surface area contributed by atoms with Gasteiger partial charge in [0, 0.05) is 10.9 Å². The lowest BCUT2D eigenvalue weighted by atomic mass is 9.99. The highest BCUT2D eigenvalue weighted by atomic mass is 32.2. The number of nitrogens with one attached hydrogen (secondary N) is 1. The molecule has 0 spiro atoms. The second-order valence-corrected chi connectivity index (χ2v) is 7.81. The van der Waals surface area contributed by atoms with Crippen LogP contribution in [0.4, 0.5) is 0 Å². The third-order valence-corrected chi connectivity index (χ3v) is 5.61. The molecule has 0 amide bonds. The van der Waals surface area contributed by atoms with Crippen LogP contribution in [0.1, 0.15) is 64.0 Å². The van der Waals surface area contributed by atoms with Gasteiger partial charge in [-0.2, -0.15) is 0 Å². The van der Waals surface area contributed by atoms with E-state index >= 15 is 0 Å². The molecule has 2 aromatic carbocycles. The van der Waals surface area contributed by atoms with Gasteiger partial charge in [0.1, 0.15) is 0 Å². The first-order chi connectivity index (χ1) is 12.2. The van der Waals surface area contributed by atoms with E-state index in [9.17, 15) is 5.11 Å². The Morgan fingerprint density at radius 2 is 1.64 bits per heavy atom. The van der Waals surface area contributed by atoms with Gasteiger partial charge in [0.2, 0.25) is 0 Å². The molecule has 0 saturated carbocycles. The van der Waals surface area contributed by atoms with Crippen molar-refractivity contribution in [3.8, 4) is 0 Å². The fourth-order valence-electron chi connectivity index (χ4n) is 3.19. The highest BCUT2D eigenvalue weighted by Gasteiger charge is 2.16. The summed E-state index contributed by atoms with van der Waals surface area (Å²) in [6.45, 7) is 5.30. The molecule has 2 nitrogen and oxygen atoms in total. The largest absolute Gasteiger partial charge is 0.387 e. The van der Waals surface area contributed by atoms with Gasteiger partial charge in [-0.15, -0.1) is 11.8 Å². The smallest absolute Gasteiger partial charge is 0.0940 e. The Morgan fingerprint density at radius 1 is 0.960 bits per heavy atom. The lowest BCUT2D eigenvalue weighted by molar-refractivity contribution is 0.136. The summed E-state index contributed by atoms with van der Waals surface area (Å²) in [6.07, 6.45) is 9.42. The second-order valence-electron chi connectivity index (χ2n) is 6.93. The van der Waals surface area contributed by atoms with Crippen molar-refractivity contribution in [2.45, 2.75) is 69.4 Å². The number of fused-ring (bicyclic) bond motifs is 1. The first-order valence-electron chi connectivity index (χ1n) is 9.65. The monoisotopic (exact) mass is 359 g/mol. The van der Waals surface area contributed by atoms with Crippen molar-refractivity contribution in [3.63, 3.8) is 0 Å². The van der Waals surface area contributed by atoms with E-state index in [-0.39, 0.29) is 6.04 Å². The Labute approximate surface area is 157 Å². The van der Waals surface area contributed by atoms with Gasteiger partial charge in [-0.1, -0.05) is 57.2 Å². The predicted molar refractivity (Wildman–Crippen MR) is 112 cm³/mol. The highest BCUT2D eigenvalue weighted by Crippen LogP contribution is 2.26. The lowest BCUT2D eigenvalue weighted by Crippen LogP contribution is -2.32. The van der Waals surface area contributed by atoms with E-state index in [1.54, 1.807) is 11.8 Å². The molecular formula is C22H33NOS. The fraction of sp³-hybridized carbons (Fsp3) is 0.545. The Kier molecular flexibility index (Phi) is 8.80. The summed E-state index contributed by atoms with van der Waals surface area (Å²) in [7, 11) is 0. The summed E-state index contributed by atoms with van der Waals surface area (Å²) < 4.78 is 0. The van der Waals surface area contributed by atoms with Gasteiger partial charge in [0.05, 0.1) is 6.10 Å². The lowest BCUT2D eigenvalue weighted by Gasteiger charge is -2.21. The number of benzene rings is 2. The summed E-state index contributed by atoms with van der Waals surface area (Å²) in [6, 6.07) is 12.9. The molecule has 0 aliphatic rings. The number of aliphatic hydroxyl groups excluding tert-OH is 1. The van der Waals surface area contributed by atoms with E-state index < -0.39 is 6.10 Å². The third-order valence-electron chi connectivity index (χ3n) is 4.88. The van der Waals surface area contributed by atoms with Crippen molar-refractivity contribution in [1.82, 2.24) is 5.32 Å². The zero-order chi connectivity index (χ0) is 18.1. The van der Waals surface area contributed by atoms with Gasteiger partial charge in [-0.05, 0) is 60.7 Å². The number of hydrogen-bond acceptors (Lipinski definition) is 3. The van der Waals surface area contributed by atoms with Crippen LogP contribution in [0.15, 0.2) is 41.3 Å². The summed E-state index contributed by atoms with van der Waals surface area (Å²) in [5.41, 5.74) is 0.993. The molecule has 0 aromatic heterocycles. The molecule has 0 bridgehead atoms. The van der Waals surface area contributed by atoms with E-state index in [0.29, 0.717) is 0 Å². The van der Waals surface area contributed by atoms with Crippen molar-refractivity contribution in [1.29, 1.82) is 0 Å². The Morgan fingerprint density at radius 3 is 2.40 bits per heavy atom. The molecule has 2 rings (SSSR count). The second kappa shape index (κ2) is 10.8. The molecule has 0 heterocycles. The Hall–Kier alpha value is -1.03. The van der Waals surface area contributed by atoms with Crippen LogP contribution in [0.3, 0.4) is 0 Å². The molecule has 2 aromatic rings. The first kappa shape index (κ1) is 20.3. The third kappa shape index (κ3) is 6.32. The van der Waals surface area contributed by atoms with Crippen LogP contribution < -0.4 is 5.32 Å². The Bertz CT molecular complexity index is 643. The number of thioether (sulfide) groups is 1. The molecule has 2 atom stereocenters. The van der Waals surface area contributed by atoms with Gasteiger partial charge in [-0.25, -0.2) is 0 Å². The molecule has 0 aliphatic heterocycles. The molecule has 3 heteroatoms. The van der Waals surface area contributed by atoms with Crippen molar-refractivity contribution in [2.75, 3.05) is 12.8 Å². The number of rotatable bonds is 11. The van der Waals surface area contributed by atoms with E-state index in [1.165, 1.54) is 54.2 Å². The topological polar surface area (TPSA) is 32.3 Å². The maximum absolute atomic E-state index is 10.7. The van der Waals surface area contributed by atoms with Gasteiger partial charge >= 0.3 is 0 Å². The molecule has 138 valence electrons. The minimum absolute atomic E-state index is 0.0681. The molecule has 25 heavy (non-hydrogen) atoms. The van der Waals surface area contributed by atoms with Crippen LogP contribution >= 0.6 is 11.8 Å². The quantitative estimate of drug-likeness (QED) is 0.385. The molecule has 2 unspecified atom stereocenters. The van der Waals surface area contributed by atoms with Crippen molar-refractivity contribution < 1.29 is 5.11 Å². The molecular weight excluding hydrogens is 326 g/mol. The standard InChI is InChI=1S/C22H33NOS/c1-4-5-6-7-8-9-14-23-17(2)22(24)20-11-10-19-16-21(25-3)13-12-18(19)15-20/h10-13,15-17,22-24H,4-9,14H2,1-3H3. The molecule has 0 radical (unpaired) electrons. The Balaban J connectivity index is 1.84. The van der Waals surface area contributed by atoms with Gasteiger partial charge < -0.3 is 10.4 Å². The van der Waals surface area contributed by atoms with Crippen LogP contribution in [0.25, 0.3) is 10.8 Å². The maximum atomic E-state index is 10.7. The van der Waals surface area contributed by atoms with Gasteiger partial charge in [0.25, 0.3) is 0 Å². The summed E-state index contributed by atoms with van der Waals surface area (Å²) in [4.78, 5) is 1.27. The zero-order valence-corrected chi connectivity index (χ0v) is 16.7. The normalized spacial score (nSPS) is 13.9. The number of unbranched alkanes of at least 4 members (excludes halogenated alkanes) is 5. The number of aliphatic hydroxyl groups is 1. The average molecular weight is 360 g/mol. The molecule has 0 aliphatic carbocycles. The van der Waals surface area contributed by atoms with Crippen LogP contribution in [0.2, 0.25) is 0 Å². The van der Waals surface area contributed by atoms with Crippen LogP contribution in [0.5, 0.6) is 0 Å². The van der Waals surface area contributed by atoms with E-state index in [2.05, 4.69) is 61.8 Å². The van der Waals surface area contributed by atoms with Gasteiger partial charge in [0.15, 0.2) is 0 Å². The maximum Gasteiger partial charge on any atom is 0.0940 e. The SMILES string of the molecule is CCCCCCCCNC(C)C(O)c1ccc2cc(SC)ccc2c1. The average Bonchev–Trinajstić information content (AvgIpc) is 2.65. The van der Waals surface area contributed by atoms with Crippen molar-refractivity contribution in [3.05, 3.63) is 42.0 Å². The molecule has 0 fully saturated rings. The summed E-state index contributed by atoms with van der Waals surface area (Å²) in [5.74, 6) is 0. The number of hydrogen-bond donors (Lipinski definition) is 2. The predicted octanol–water partition coefficient (Wildman–Crippen LogP) is 5.93. The molecule has 2 N–H and O–H groups in total.